The van der Waals surface area contributed by atoms with Crippen LogP contribution in [0.25, 0.3) is 10.2 Å². The standard InChI is InChI=1S/C18H22N4O3S/c1-9-11-16(23)19-8-20-18(11)26-15(9)17(24)21-12-10-4-7-25-14(10)13(12)22-5-2-3-6-22/h8,10,12-14H,2-7H2,1H3,(H,21,24)(H,19,20,23)/t10-,12+,13-,14-/m1/s1. The maximum absolute atomic E-state index is 13.0. The van der Waals surface area contributed by atoms with Crippen molar-refractivity contribution in [3.63, 3.8) is 0 Å². The average molecular weight is 374 g/mol. The van der Waals surface area contributed by atoms with Gasteiger partial charge in [-0.2, -0.15) is 0 Å². The minimum atomic E-state index is -0.189. The van der Waals surface area contributed by atoms with E-state index in [4.69, 9.17) is 4.74 Å². The van der Waals surface area contributed by atoms with Crippen LogP contribution in [-0.4, -0.2) is 58.7 Å². The van der Waals surface area contributed by atoms with Gasteiger partial charge in [0.2, 0.25) is 0 Å². The van der Waals surface area contributed by atoms with Crippen molar-refractivity contribution in [2.24, 2.45) is 5.92 Å². The molecule has 4 heterocycles. The Bertz CT molecular complexity index is 912. The topological polar surface area (TPSA) is 87.3 Å². The summed E-state index contributed by atoms with van der Waals surface area (Å²) in [6.45, 7) is 4.79. The Labute approximate surface area is 154 Å². The number of thiophene rings is 1. The Morgan fingerprint density at radius 3 is 3.00 bits per heavy atom. The second-order valence-electron chi connectivity index (χ2n) is 7.49. The number of aromatic amines is 1. The predicted octanol–water partition coefficient (Wildman–Crippen LogP) is 1.27. The molecule has 5 rings (SSSR count). The van der Waals surface area contributed by atoms with Crippen molar-refractivity contribution in [3.8, 4) is 0 Å². The molecule has 0 spiro atoms. The molecule has 1 aliphatic carbocycles. The third-order valence-corrected chi connectivity index (χ3v) is 7.35. The molecule has 0 bridgehead atoms. The van der Waals surface area contributed by atoms with Gasteiger partial charge in [-0.05, 0) is 44.8 Å². The summed E-state index contributed by atoms with van der Waals surface area (Å²) < 4.78 is 5.94. The summed E-state index contributed by atoms with van der Waals surface area (Å²) in [4.78, 5) is 35.5. The Balaban J connectivity index is 1.42. The molecular weight excluding hydrogens is 352 g/mol. The van der Waals surface area contributed by atoms with Crippen molar-refractivity contribution in [1.82, 2.24) is 20.2 Å². The van der Waals surface area contributed by atoms with E-state index in [-0.39, 0.29) is 29.7 Å². The highest BCUT2D eigenvalue weighted by molar-refractivity contribution is 7.20. The number of ether oxygens (including phenoxy) is 1. The van der Waals surface area contributed by atoms with Gasteiger partial charge in [0.25, 0.3) is 11.5 Å². The number of nitrogens with one attached hydrogen (secondary N) is 2. The molecule has 2 aromatic heterocycles. The van der Waals surface area contributed by atoms with Crippen LogP contribution in [0.4, 0.5) is 0 Å². The van der Waals surface area contributed by atoms with Gasteiger partial charge in [0.15, 0.2) is 0 Å². The van der Waals surface area contributed by atoms with Crippen LogP contribution in [0.15, 0.2) is 11.1 Å². The number of aryl methyl sites for hydroxylation is 1. The van der Waals surface area contributed by atoms with Gasteiger partial charge in [-0.15, -0.1) is 11.3 Å². The Hall–Kier alpha value is -1.77. The van der Waals surface area contributed by atoms with Crippen molar-refractivity contribution < 1.29 is 9.53 Å². The van der Waals surface area contributed by atoms with Crippen molar-refractivity contribution >= 4 is 27.5 Å². The highest BCUT2D eigenvalue weighted by Gasteiger charge is 2.56. The van der Waals surface area contributed by atoms with Gasteiger partial charge in [0.05, 0.1) is 34.8 Å². The van der Waals surface area contributed by atoms with E-state index in [2.05, 4.69) is 20.2 Å². The zero-order valence-corrected chi connectivity index (χ0v) is 15.5. The van der Waals surface area contributed by atoms with E-state index < -0.39 is 0 Å². The number of H-pyrrole nitrogens is 1. The number of fused-ring (bicyclic) bond motifs is 2. The minimum Gasteiger partial charge on any atom is -0.376 e. The lowest BCUT2D eigenvalue weighted by Gasteiger charge is -2.51. The first kappa shape index (κ1) is 16.4. The van der Waals surface area contributed by atoms with Gasteiger partial charge >= 0.3 is 0 Å². The molecule has 2 aromatic rings. The maximum Gasteiger partial charge on any atom is 0.262 e. The lowest BCUT2D eigenvalue weighted by molar-refractivity contribution is -0.0747. The minimum absolute atomic E-state index is 0.0931. The fourth-order valence-corrected chi connectivity index (χ4v) is 5.91. The van der Waals surface area contributed by atoms with E-state index in [1.54, 1.807) is 0 Å². The molecule has 2 N–H and O–H groups in total. The number of hydrogen-bond donors (Lipinski definition) is 2. The fourth-order valence-electron chi connectivity index (χ4n) is 4.85. The van der Waals surface area contributed by atoms with Crippen LogP contribution >= 0.6 is 11.3 Å². The summed E-state index contributed by atoms with van der Waals surface area (Å²) in [6, 6.07) is 0.411. The zero-order valence-electron chi connectivity index (χ0n) is 14.7. The first-order valence-electron chi connectivity index (χ1n) is 9.28. The van der Waals surface area contributed by atoms with Crippen molar-refractivity contribution in [2.75, 3.05) is 19.7 Å². The van der Waals surface area contributed by atoms with Crippen LogP contribution in [0, 0.1) is 12.8 Å². The number of amides is 1. The van der Waals surface area contributed by atoms with Gasteiger partial charge < -0.3 is 15.0 Å². The van der Waals surface area contributed by atoms with E-state index in [0.717, 1.165) is 26.1 Å². The highest BCUT2D eigenvalue weighted by Crippen LogP contribution is 2.43. The fraction of sp³-hybridized carbons (Fsp3) is 0.611. The summed E-state index contributed by atoms with van der Waals surface area (Å²) in [5.41, 5.74) is 0.527. The van der Waals surface area contributed by atoms with Gasteiger partial charge in [0, 0.05) is 12.5 Å². The van der Waals surface area contributed by atoms with E-state index in [0.29, 0.717) is 26.6 Å². The number of carbonyl (C=O) groups is 1. The third-order valence-electron chi connectivity index (χ3n) is 6.15. The van der Waals surface area contributed by atoms with Crippen LogP contribution in [0.3, 0.4) is 0 Å². The smallest absolute Gasteiger partial charge is 0.262 e. The maximum atomic E-state index is 13.0. The van der Waals surface area contributed by atoms with Crippen molar-refractivity contribution in [2.45, 2.75) is 44.4 Å². The average Bonchev–Trinajstić information content (AvgIpc) is 3.34. The summed E-state index contributed by atoms with van der Waals surface area (Å²) in [5, 5.41) is 3.78. The first-order valence-corrected chi connectivity index (χ1v) is 10.1. The predicted molar refractivity (Wildman–Crippen MR) is 98.7 cm³/mol. The molecule has 0 aromatic carbocycles. The number of rotatable bonds is 3. The van der Waals surface area contributed by atoms with Crippen LogP contribution < -0.4 is 10.9 Å². The van der Waals surface area contributed by atoms with E-state index in [9.17, 15) is 9.59 Å². The Morgan fingerprint density at radius 2 is 2.23 bits per heavy atom. The van der Waals surface area contributed by atoms with Crippen LogP contribution in [0.2, 0.25) is 0 Å². The Kier molecular flexibility index (Phi) is 3.88. The van der Waals surface area contributed by atoms with Crippen LogP contribution in [0.1, 0.15) is 34.5 Å². The lowest BCUT2D eigenvalue weighted by atomic mass is 9.70. The van der Waals surface area contributed by atoms with Crippen LogP contribution in [0.5, 0.6) is 0 Å². The van der Waals surface area contributed by atoms with Gasteiger partial charge in [0.1, 0.15) is 4.83 Å². The summed E-state index contributed by atoms with van der Waals surface area (Å²) in [7, 11) is 0. The molecule has 7 nitrogen and oxygen atoms in total. The first-order chi connectivity index (χ1) is 12.6. The van der Waals surface area contributed by atoms with E-state index >= 15 is 0 Å². The molecule has 0 radical (unpaired) electrons. The SMILES string of the molecule is Cc1c(C(=O)N[C@H]2[C@H]3CCO[C@H]3[C@@H]2N2CCCC2)sc2nc[nH]c(=O)c12. The molecule has 3 fully saturated rings. The molecule has 8 heteroatoms. The van der Waals surface area contributed by atoms with Gasteiger partial charge in [-0.1, -0.05) is 0 Å². The monoisotopic (exact) mass is 374 g/mol. The number of carbonyl (C=O) groups excluding carboxylic acids is 1. The molecule has 2 saturated heterocycles. The zero-order chi connectivity index (χ0) is 17.8. The number of hydrogen-bond acceptors (Lipinski definition) is 6. The number of aromatic nitrogens is 2. The molecule has 1 amide bonds. The number of likely N-dealkylation sites (tertiary alicyclic amines) is 1. The third kappa shape index (κ3) is 2.35. The molecular formula is C18H22N4O3S. The second-order valence-corrected chi connectivity index (χ2v) is 8.49. The van der Waals surface area contributed by atoms with E-state index in [1.165, 1.54) is 30.5 Å². The lowest BCUT2D eigenvalue weighted by Crippen LogP contribution is -2.70. The van der Waals surface area contributed by atoms with Gasteiger partial charge in [-0.3, -0.25) is 14.5 Å². The largest absolute Gasteiger partial charge is 0.376 e. The van der Waals surface area contributed by atoms with Crippen LogP contribution in [-0.2, 0) is 4.74 Å². The molecule has 4 atom stereocenters. The number of nitrogens with zero attached hydrogens (tertiary/aromatic N) is 2. The molecule has 2 aliphatic heterocycles. The molecule has 0 unspecified atom stereocenters. The molecule has 26 heavy (non-hydrogen) atoms. The quantitative estimate of drug-likeness (QED) is 0.845. The molecule has 3 aliphatic rings. The normalized spacial score (nSPS) is 31.1. The molecule has 1 saturated carbocycles. The summed E-state index contributed by atoms with van der Waals surface area (Å²) in [6.07, 6.45) is 5.09. The Morgan fingerprint density at radius 1 is 1.42 bits per heavy atom. The summed E-state index contributed by atoms with van der Waals surface area (Å²) >= 11 is 1.29. The van der Waals surface area contributed by atoms with Crippen molar-refractivity contribution in [3.05, 3.63) is 27.1 Å². The van der Waals surface area contributed by atoms with E-state index in [1.807, 2.05) is 6.92 Å². The summed E-state index contributed by atoms with van der Waals surface area (Å²) in [5.74, 6) is 0.310. The van der Waals surface area contributed by atoms with Crippen molar-refractivity contribution in [1.29, 1.82) is 0 Å². The second kappa shape index (κ2) is 6.14. The highest BCUT2D eigenvalue weighted by atomic mass is 32.1. The molecule has 138 valence electrons. The van der Waals surface area contributed by atoms with Gasteiger partial charge in [-0.25, -0.2) is 4.98 Å².